The molecule has 1 saturated heterocycles. The summed E-state index contributed by atoms with van der Waals surface area (Å²) >= 11 is 0. The summed E-state index contributed by atoms with van der Waals surface area (Å²) < 4.78 is 0. The molecule has 29 nitrogen and oxygen atoms in total. The van der Waals surface area contributed by atoms with Crippen molar-refractivity contribution in [3.63, 3.8) is 0 Å². The first kappa shape index (κ1) is 72.9. The third kappa shape index (κ3) is 27.0. The molecular weight excluding hydrogens is 1060 g/mol. The highest BCUT2D eigenvalue weighted by atomic mass is 16.3. The third-order valence-corrected chi connectivity index (χ3v) is 13.4. The van der Waals surface area contributed by atoms with E-state index in [0.29, 0.717) is 12.3 Å². The van der Waals surface area contributed by atoms with E-state index in [9.17, 15) is 63.0 Å². The monoisotopic (exact) mass is 1150 g/mol. The van der Waals surface area contributed by atoms with E-state index in [4.69, 9.17) is 28.7 Å². The lowest BCUT2D eigenvalue weighted by molar-refractivity contribution is -0.137. The topological polar surface area (TPSA) is 491 Å². The van der Waals surface area contributed by atoms with Crippen molar-refractivity contribution in [2.45, 2.75) is 205 Å². The summed E-state index contributed by atoms with van der Waals surface area (Å²) in [5.41, 5.74) is 29.2. The molecule has 1 aliphatic heterocycles. The molecule has 0 aliphatic carbocycles. The number of nitrogens with two attached hydrogens (primary N) is 5. The van der Waals surface area contributed by atoms with Crippen molar-refractivity contribution in [3.8, 4) is 0 Å². The van der Waals surface area contributed by atoms with Crippen molar-refractivity contribution < 1.29 is 63.0 Å². The second-order valence-corrected chi connectivity index (χ2v) is 21.6. The van der Waals surface area contributed by atoms with Crippen LogP contribution in [0.25, 0.3) is 0 Å². The lowest BCUT2D eigenvalue weighted by atomic mass is 9.99. The zero-order valence-electron chi connectivity index (χ0n) is 48.7. The Morgan fingerprint density at radius 2 is 0.963 bits per heavy atom. The number of aliphatic hydroxyl groups is 2. The van der Waals surface area contributed by atoms with Gasteiger partial charge in [0.2, 0.25) is 65.0 Å². The Bertz CT molecular complexity index is 2050. The molecule has 81 heavy (non-hydrogen) atoms. The standard InChI is InChI=1S/C52H98N16O13/c1-9-29(6)11-10-12-40(71)59-32(13-19-53)47(76)68-42(31(8)70)52(81)64-35(16-22-56)44(73)63-37-18-24-58-51(80)41(30(7)69)67-48(77)36(17-23-57)61-43(72)33(14-20-54)62-49(78)38(25-27(2)3)66-50(79)39(26-28(4)5)65-45(74)34(15-21-55)60-46(37)75/h27-39,41-42,69-70H,9-26,53-57H2,1-8H3,(H,58,80)(H,59,71)(H,60,75)(H,61,72)(H,62,78)(H,63,73)(H,64,81)(H,65,74)(H,66,79)(H,67,77)(H,68,76)/t29?,30-,31-,32+,33+,34+,35+,36-,37+,38-,39-,41?,42+/m1/s1. The number of hydrogen-bond acceptors (Lipinski definition) is 18. The smallest absolute Gasteiger partial charge is 0.245 e. The molecule has 13 atom stereocenters. The van der Waals surface area contributed by atoms with Crippen molar-refractivity contribution in [2.75, 3.05) is 39.3 Å². The van der Waals surface area contributed by atoms with Gasteiger partial charge in [0.05, 0.1) is 12.2 Å². The molecule has 0 saturated carbocycles. The molecule has 1 aliphatic rings. The average Bonchev–Trinajstić information content (AvgIpc) is 3.41. The fraction of sp³-hybridized carbons (Fsp3) is 0.788. The molecule has 1 fully saturated rings. The molecule has 0 spiro atoms. The summed E-state index contributed by atoms with van der Waals surface area (Å²) in [4.78, 5) is 153. The average molecular weight is 1160 g/mol. The van der Waals surface area contributed by atoms with E-state index in [1.165, 1.54) is 13.8 Å². The fourth-order valence-electron chi connectivity index (χ4n) is 8.60. The normalized spacial score (nSPS) is 23.6. The largest absolute Gasteiger partial charge is 0.391 e. The molecule has 2 unspecified atom stereocenters. The fourth-order valence-corrected chi connectivity index (χ4v) is 8.60. The lowest BCUT2D eigenvalue weighted by Gasteiger charge is -2.29. The minimum absolute atomic E-state index is 0.0146. The van der Waals surface area contributed by atoms with Gasteiger partial charge in [-0.2, -0.15) is 0 Å². The molecule has 1 rings (SSSR count). The Kier molecular flexibility index (Phi) is 34.7. The third-order valence-electron chi connectivity index (χ3n) is 13.4. The van der Waals surface area contributed by atoms with E-state index in [0.717, 1.165) is 12.8 Å². The van der Waals surface area contributed by atoms with Crippen molar-refractivity contribution in [1.82, 2.24) is 58.5 Å². The van der Waals surface area contributed by atoms with Gasteiger partial charge in [0.25, 0.3) is 0 Å². The van der Waals surface area contributed by atoms with E-state index in [1.807, 2.05) is 6.92 Å². The van der Waals surface area contributed by atoms with Gasteiger partial charge in [-0.15, -0.1) is 0 Å². The number of carbonyl (C=O) groups is 11. The molecule has 29 heteroatoms. The van der Waals surface area contributed by atoms with E-state index in [-0.39, 0.29) is 95.9 Å². The van der Waals surface area contributed by atoms with Crippen LogP contribution in [0.15, 0.2) is 0 Å². The number of amides is 11. The van der Waals surface area contributed by atoms with Crippen LogP contribution in [0.2, 0.25) is 0 Å². The SMILES string of the molecule is CCC(C)CCCC(=O)N[C@@H](CCN)C(=O)N[C@H](C(=O)N[C@@H](CCN)C(=O)N[C@H]1CCNC(=O)C([C@@H](C)O)NC(=O)[C@@H](CCN)NC(=O)[C@H](CCN)NC(=O)[C@@H](CC(C)C)NC(=O)[C@@H](CC(C)C)NC(=O)[C@H](CCN)NC1=O)[C@@H](C)O. The maximum Gasteiger partial charge on any atom is 0.245 e. The Morgan fingerprint density at radius 1 is 0.531 bits per heavy atom. The summed E-state index contributed by atoms with van der Waals surface area (Å²) in [7, 11) is 0. The molecule has 0 bridgehead atoms. The zero-order valence-corrected chi connectivity index (χ0v) is 48.7. The van der Waals surface area contributed by atoms with Crippen LogP contribution in [-0.4, -0.2) is 187 Å². The minimum atomic E-state index is -1.69. The van der Waals surface area contributed by atoms with Gasteiger partial charge in [-0.25, -0.2) is 0 Å². The van der Waals surface area contributed by atoms with Crippen LogP contribution in [-0.2, 0) is 52.7 Å². The Hall–Kier alpha value is -6.11. The van der Waals surface area contributed by atoms with Crippen molar-refractivity contribution in [2.24, 2.45) is 46.4 Å². The predicted octanol–water partition coefficient (Wildman–Crippen LogP) is -5.83. The number of aliphatic hydroxyl groups excluding tert-OH is 2. The van der Waals surface area contributed by atoms with Crippen LogP contribution in [0.3, 0.4) is 0 Å². The molecule has 0 radical (unpaired) electrons. The van der Waals surface area contributed by atoms with Gasteiger partial charge < -0.3 is 97.4 Å². The number of hydrogen-bond donors (Lipinski definition) is 18. The number of rotatable bonds is 28. The summed E-state index contributed by atoms with van der Waals surface area (Å²) in [6.45, 7) is 12.5. The highest BCUT2D eigenvalue weighted by Gasteiger charge is 2.37. The van der Waals surface area contributed by atoms with Crippen LogP contribution in [0.4, 0.5) is 0 Å². The maximum atomic E-state index is 14.4. The van der Waals surface area contributed by atoms with Gasteiger partial charge in [0.1, 0.15) is 60.4 Å². The zero-order chi connectivity index (χ0) is 61.5. The van der Waals surface area contributed by atoms with Gasteiger partial charge in [-0.1, -0.05) is 54.4 Å². The maximum absolute atomic E-state index is 14.4. The van der Waals surface area contributed by atoms with Gasteiger partial charge in [0.15, 0.2) is 0 Å². The van der Waals surface area contributed by atoms with Crippen molar-refractivity contribution >= 4 is 65.0 Å². The molecule has 0 aromatic rings. The summed E-state index contributed by atoms with van der Waals surface area (Å²) in [6, 6.07) is -14.5. The van der Waals surface area contributed by atoms with Crippen LogP contribution in [0.1, 0.15) is 132 Å². The molecule has 11 amide bonds. The first-order chi connectivity index (χ1) is 38.2. The van der Waals surface area contributed by atoms with E-state index < -0.39 is 151 Å². The van der Waals surface area contributed by atoms with Gasteiger partial charge in [0, 0.05) is 13.0 Å². The summed E-state index contributed by atoms with van der Waals surface area (Å²) in [5, 5.41) is 49.5. The van der Waals surface area contributed by atoms with Crippen LogP contribution in [0.5, 0.6) is 0 Å². The van der Waals surface area contributed by atoms with Gasteiger partial charge in [-0.05, 0) is 122 Å². The highest BCUT2D eigenvalue weighted by molar-refractivity contribution is 5.99. The highest BCUT2D eigenvalue weighted by Crippen LogP contribution is 2.13. The van der Waals surface area contributed by atoms with E-state index >= 15 is 0 Å². The van der Waals surface area contributed by atoms with Crippen LogP contribution >= 0.6 is 0 Å². The molecule has 0 aromatic carbocycles. The predicted molar refractivity (Wildman–Crippen MR) is 301 cm³/mol. The van der Waals surface area contributed by atoms with Crippen LogP contribution < -0.4 is 87.2 Å². The Balaban J connectivity index is 3.84. The molecular formula is C52H98N16O13. The van der Waals surface area contributed by atoms with Crippen molar-refractivity contribution in [1.29, 1.82) is 0 Å². The second kappa shape index (κ2) is 38.6. The molecule has 464 valence electrons. The van der Waals surface area contributed by atoms with Gasteiger partial charge >= 0.3 is 0 Å². The summed E-state index contributed by atoms with van der Waals surface area (Å²) in [5.74, 6) is -9.60. The molecule has 0 aromatic heterocycles. The first-order valence-electron chi connectivity index (χ1n) is 28.3. The first-order valence-corrected chi connectivity index (χ1v) is 28.3. The second-order valence-electron chi connectivity index (χ2n) is 21.6. The summed E-state index contributed by atoms with van der Waals surface area (Å²) in [6.07, 6.45) is -1.79. The molecule has 23 N–H and O–H groups in total. The van der Waals surface area contributed by atoms with Crippen molar-refractivity contribution in [3.05, 3.63) is 0 Å². The molecule has 1 heterocycles. The quantitative estimate of drug-likeness (QED) is 0.0347. The van der Waals surface area contributed by atoms with E-state index in [2.05, 4.69) is 65.4 Å². The van der Waals surface area contributed by atoms with E-state index in [1.54, 1.807) is 27.7 Å². The van der Waals surface area contributed by atoms with Crippen LogP contribution in [0, 0.1) is 17.8 Å². The lowest BCUT2D eigenvalue weighted by Crippen LogP contribution is -2.62. The Morgan fingerprint density at radius 3 is 1.38 bits per heavy atom. The minimum Gasteiger partial charge on any atom is -0.391 e. The number of carbonyl (C=O) groups excluding carboxylic acids is 11. The van der Waals surface area contributed by atoms with Gasteiger partial charge in [-0.3, -0.25) is 52.7 Å². The number of nitrogens with one attached hydrogen (secondary N) is 11. The Labute approximate surface area is 475 Å².